The predicted octanol–water partition coefficient (Wildman–Crippen LogP) is 2.49. The van der Waals surface area contributed by atoms with Gasteiger partial charge in [0.25, 0.3) is 0 Å². The van der Waals surface area contributed by atoms with Crippen LogP contribution in [-0.2, 0) is 4.74 Å². The standard InChI is InChI=1S/C10H9ClN2O3S/c11-6-1-2-7-9(12-5-17-7)8(6)13-10(15)16-4-3-14/h1-2,5,14H,3-4H2,(H,13,15). The molecule has 90 valence electrons. The van der Waals surface area contributed by atoms with Crippen LogP contribution in [-0.4, -0.2) is 29.4 Å². The zero-order valence-corrected chi connectivity index (χ0v) is 10.2. The monoisotopic (exact) mass is 272 g/mol. The number of thiazole rings is 1. The summed E-state index contributed by atoms with van der Waals surface area (Å²) in [5.41, 5.74) is 2.72. The molecule has 7 heteroatoms. The van der Waals surface area contributed by atoms with Crippen LogP contribution in [0.1, 0.15) is 0 Å². The summed E-state index contributed by atoms with van der Waals surface area (Å²) in [7, 11) is 0. The Morgan fingerprint density at radius 2 is 2.41 bits per heavy atom. The van der Waals surface area contributed by atoms with Gasteiger partial charge in [-0.25, -0.2) is 9.78 Å². The van der Waals surface area contributed by atoms with E-state index in [9.17, 15) is 4.79 Å². The van der Waals surface area contributed by atoms with Crippen LogP contribution < -0.4 is 5.32 Å². The molecule has 1 heterocycles. The third-order valence-electron chi connectivity index (χ3n) is 2.00. The number of aliphatic hydroxyl groups excluding tert-OH is 1. The van der Waals surface area contributed by atoms with Crippen molar-refractivity contribution in [2.75, 3.05) is 18.5 Å². The summed E-state index contributed by atoms with van der Waals surface area (Å²) in [5, 5.41) is 11.4. The summed E-state index contributed by atoms with van der Waals surface area (Å²) in [4.78, 5) is 15.5. The Hall–Kier alpha value is -1.37. The smallest absolute Gasteiger partial charge is 0.411 e. The van der Waals surface area contributed by atoms with Gasteiger partial charge in [-0.1, -0.05) is 11.6 Å². The third kappa shape index (κ3) is 2.66. The van der Waals surface area contributed by atoms with E-state index in [1.807, 2.05) is 6.07 Å². The summed E-state index contributed by atoms with van der Waals surface area (Å²) in [5.74, 6) is 0. The average Bonchev–Trinajstić information content (AvgIpc) is 2.78. The van der Waals surface area contributed by atoms with Gasteiger partial charge in [0.2, 0.25) is 0 Å². The maximum absolute atomic E-state index is 11.4. The fraction of sp³-hybridized carbons (Fsp3) is 0.200. The zero-order valence-electron chi connectivity index (χ0n) is 8.64. The third-order valence-corrected chi connectivity index (χ3v) is 3.11. The van der Waals surface area contributed by atoms with Crippen molar-refractivity contribution in [3.05, 3.63) is 22.7 Å². The van der Waals surface area contributed by atoms with E-state index >= 15 is 0 Å². The van der Waals surface area contributed by atoms with E-state index in [1.165, 1.54) is 11.3 Å². The lowest BCUT2D eigenvalue weighted by Gasteiger charge is -2.07. The van der Waals surface area contributed by atoms with Crippen LogP contribution in [0.2, 0.25) is 5.02 Å². The molecule has 0 aliphatic carbocycles. The zero-order chi connectivity index (χ0) is 12.3. The number of aliphatic hydroxyl groups is 1. The van der Waals surface area contributed by atoms with Gasteiger partial charge in [0.15, 0.2) is 0 Å². The van der Waals surface area contributed by atoms with E-state index in [0.717, 1.165) is 4.70 Å². The molecule has 2 aromatic rings. The fourth-order valence-corrected chi connectivity index (χ4v) is 2.19. The number of nitrogens with zero attached hydrogens (tertiary/aromatic N) is 1. The van der Waals surface area contributed by atoms with Crippen LogP contribution in [0.4, 0.5) is 10.5 Å². The van der Waals surface area contributed by atoms with Gasteiger partial charge in [0.05, 0.1) is 27.5 Å². The highest BCUT2D eigenvalue weighted by molar-refractivity contribution is 7.16. The van der Waals surface area contributed by atoms with Gasteiger partial charge < -0.3 is 9.84 Å². The average molecular weight is 273 g/mol. The quantitative estimate of drug-likeness (QED) is 0.900. The molecule has 0 bridgehead atoms. The van der Waals surface area contributed by atoms with Crippen molar-refractivity contribution in [3.63, 3.8) is 0 Å². The largest absolute Gasteiger partial charge is 0.447 e. The Morgan fingerprint density at radius 1 is 1.59 bits per heavy atom. The summed E-state index contributed by atoms with van der Waals surface area (Å²) in [6.45, 7) is -0.279. The number of carbonyl (C=O) groups is 1. The number of halogens is 1. The first-order valence-corrected chi connectivity index (χ1v) is 6.04. The summed E-state index contributed by atoms with van der Waals surface area (Å²) in [6.07, 6.45) is -0.665. The van der Waals surface area contributed by atoms with Gasteiger partial charge in [-0.15, -0.1) is 11.3 Å². The minimum atomic E-state index is -0.665. The maximum atomic E-state index is 11.4. The van der Waals surface area contributed by atoms with Crippen LogP contribution in [0.15, 0.2) is 17.6 Å². The van der Waals surface area contributed by atoms with E-state index in [4.69, 9.17) is 21.4 Å². The first-order chi connectivity index (χ1) is 8.22. The normalized spacial score (nSPS) is 10.5. The Morgan fingerprint density at radius 3 is 3.18 bits per heavy atom. The molecule has 1 aromatic carbocycles. The van der Waals surface area contributed by atoms with Gasteiger partial charge in [-0.2, -0.15) is 0 Å². The topological polar surface area (TPSA) is 71.5 Å². The molecular formula is C10H9ClN2O3S. The lowest BCUT2D eigenvalue weighted by Crippen LogP contribution is -2.16. The second-order valence-electron chi connectivity index (χ2n) is 3.11. The molecule has 0 unspecified atom stereocenters. The van der Waals surface area contributed by atoms with E-state index in [1.54, 1.807) is 11.6 Å². The van der Waals surface area contributed by atoms with Crippen LogP contribution in [0.5, 0.6) is 0 Å². The minimum Gasteiger partial charge on any atom is -0.447 e. The molecule has 2 N–H and O–H groups in total. The van der Waals surface area contributed by atoms with Gasteiger partial charge >= 0.3 is 6.09 Å². The van der Waals surface area contributed by atoms with E-state index in [0.29, 0.717) is 16.2 Å². The molecule has 17 heavy (non-hydrogen) atoms. The number of rotatable bonds is 3. The Balaban J connectivity index is 2.25. The number of fused-ring (bicyclic) bond motifs is 1. The van der Waals surface area contributed by atoms with Crippen LogP contribution in [0, 0.1) is 0 Å². The van der Waals surface area contributed by atoms with Crippen LogP contribution in [0.25, 0.3) is 10.2 Å². The van der Waals surface area contributed by atoms with Crippen molar-refractivity contribution >= 4 is 44.9 Å². The lowest BCUT2D eigenvalue weighted by molar-refractivity contribution is 0.131. The predicted molar refractivity (Wildman–Crippen MR) is 66.7 cm³/mol. The first kappa shape index (κ1) is 12.1. The Kier molecular flexibility index (Phi) is 3.78. The molecule has 0 fully saturated rings. The van der Waals surface area contributed by atoms with Crippen molar-refractivity contribution < 1.29 is 14.6 Å². The second kappa shape index (κ2) is 5.31. The van der Waals surface area contributed by atoms with Crippen molar-refractivity contribution in [3.8, 4) is 0 Å². The number of nitrogens with one attached hydrogen (secondary N) is 1. The molecule has 0 radical (unpaired) electrons. The molecule has 0 saturated heterocycles. The van der Waals surface area contributed by atoms with E-state index < -0.39 is 6.09 Å². The number of ether oxygens (including phenoxy) is 1. The molecule has 1 aromatic heterocycles. The van der Waals surface area contributed by atoms with Gasteiger partial charge in [0, 0.05) is 0 Å². The van der Waals surface area contributed by atoms with Crippen molar-refractivity contribution in [2.45, 2.75) is 0 Å². The van der Waals surface area contributed by atoms with E-state index in [2.05, 4.69) is 10.3 Å². The highest BCUT2D eigenvalue weighted by Gasteiger charge is 2.12. The number of anilines is 1. The summed E-state index contributed by atoms with van der Waals surface area (Å²) in [6, 6.07) is 3.52. The first-order valence-electron chi connectivity index (χ1n) is 4.78. The Bertz CT molecular complexity index is 543. The molecule has 5 nitrogen and oxygen atoms in total. The van der Waals surface area contributed by atoms with Crippen LogP contribution >= 0.6 is 22.9 Å². The van der Waals surface area contributed by atoms with Crippen molar-refractivity contribution in [1.82, 2.24) is 4.98 Å². The number of amides is 1. The molecule has 0 aliphatic heterocycles. The number of hydrogen-bond donors (Lipinski definition) is 2. The number of aromatic nitrogens is 1. The summed E-state index contributed by atoms with van der Waals surface area (Å²) >= 11 is 7.44. The molecule has 0 aliphatic rings. The molecule has 0 spiro atoms. The summed E-state index contributed by atoms with van der Waals surface area (Å²) < 4.78 is 5.62. The molecule has 2 rings (SSSR count). The molecule has 0 atom stereocenters. The van der Waals surface area contributed by atoms with E-state index in [-0.39, 0.29) is 13.2 Å². The molecule has 0 saturated carbocycles. The van der Waals surface area contributed by atoms with Gasteiger partial charge in [-0.3, -0.25) is 5.32 Å². The Labute approximate surface area is 106 Å². The second-order valence-corrected chi connectivity index (χ2v) is 4.40. The number of benzene rings is 1. The van der Waals surface area contributed by atoms with Crippen LogP contribution in [0.3, 0.4) is 0 Å². The maximum Gasteiger partial charge on any atom is 0.411 e. The highest BCUT2D eigenvalue weighted by Crippen LogP contribution is 2.32. The molecule has 1 amide bonds. The lowest BCUT2D eigenvalue weighted by atomic mass is 10.3. The highest BCUT2D eigenvalue weighted by atomic mass is 35.5. The van der Waals surface area contributed by atoms with Crippen molar-refractivity contribution in [1.29, 1.82) is 0 Å². The fourth-order valence-electron chi connectivity index (χ4n) is 1.30. The number of carbonyl (C=O) groups excluding carboxylic acids is 1. The van der Waals surface area contributed by atoms with Gasteiger partial charge in [-0.05, 0) is 12.1 Å². The number of hydrogen-bond acceptors (Lipinski definition) is 5. The van der Waals surface area contributed by atoms with Crippen molar-refractivity contribution in [2.24, 2.45) is 0 Å². The minimum absolute atomic E-state index is 0.0590. The van der Waals surface area contributed by atoms with Gasteiger partial charge in [0.1, 0.15) is 12.1 Å². The molecular weight excluding hydrogens is 264 g/mol. The SMILES string of the molecule is O=C(Nc1c(Cl)ccc2scnc12)OCCO.